The Balaban J connectivity index is 2.18. The van der Waals surface area contributed by atoms with E-state index in [1.165, 1.54) is 0 Å². The second-order valence-electron chi connectivity index (χ2n) is 5.92. The summed E-state index contributed by atoms with van der Waals surface area (Å²) < 4.78 is 1.00. The quantitative estimate of drug-likeness (QED) is 0.648. The molecule has 116 valence electrons. The molecule has 2 rings (SSSR count). The van der Waals surface area contributed by atoms with Crippen molar-refractivity contribution in [1.82, 2.24) is 15.2 Å². The summed E-state index contributed by atoms with van der Waals surface area (Å²) in [7, 11) is 0. The maximum Gasteiger partial charge on any atom is 0.274 e. The Hall–Kier alpha value is -2.02. The highest BCUT2D eigenvalue weighted by atomic mass is 79.9. The summed E-state index contributed by atoms with van der Waals surface area (Å²) in [6.07, 6.45) is 0. The highest BCUT2D eigenvalue weighted by Crippen LogP contribution is 2.15. The van der Waals surface area contributed by atoms with Crippen LogP contribution in [-0.4, -0.2) is 20.9 Å². The van der Waals surface area contributed by atoms with E-state index < -0.39 is 0 Å². The summed E-state index contributed by atoms with van der Waals surface area (Å²) in [4.78, 5) is 14.6. The van der Waals surface area contributed by atoms with Crippen LogP contribution in [0.15, 0.2) is 38.6 Å². The third-order valence-electron chi connectivity index (χ3n) is 3.00. The molecule has 1 aromatic heterocycles. The average molecular weight is 364 g/mol. The standard InChI is InChI=1S/C15H18BrN5O/c1-9(10-5-7-11(16)8-6-10)18-20-14-17-13(22)12(19-21-14)15(2,3)4/h5-8H,1-4H3,(H2,17,20,21,22)/b18-9-. The molecule has 0 saturated carbocycles. The molecule has 0 radical (unpaired) electrons. The SMILES string of the molecule is C/C(=N/Nc1nnc(C(C)(C)C)c(=O)[nH]1)c1ccc(Br)cc1. The van der Waals surface area contributed by atoms with E-state index in [0.29, 0.717) is 5.69 Å². The molecule has 2 N–H and O–H groups in total. The molecule has 0 amide bonds. The van der Waals surface area contributed by atoms with E-state index in [2.05, 4.69) is 41.6 Å². The van der Waals surface area contributed by atoms with E-state index >= 15 is 0 Å². The lowest BCUT2D eigenvalue weighted by molar-refractivity contribution is 0.547. The van der Waals surface area contributed by atoms with Crippen molar-refractivity contribution >= 4 is 27.6 Å². The summed E-state index contributed by atoms with van der Waals surface area (Å²) in [5.41, 5.74) is 4.25. The number of nitrogens with one attached hydrogen (secondary N) is 2. The van der Waals surface area contributed by atoms with Gasteiger partial charge in [-0.25, -0.2) is 5.43 Å². The van der Waals surface area contributed by atoms with Crippen molar-refractivity contribution in [3.63, 3.8) is 0 Å². The Labute approximate surface area is 137 Å². The van der Waals surface area contributed by atoms with Gasteiger partial charge in [-0.05, 0) is 24.6 Å². The lowest BCUT2D eigenvalue weighted by Crippen LogP contribution is -2.28. The highest BCUT2D eigenvalue weighted by Gasteiger charge is 2.20. The molecule has 0 fully saturated rings. The van der Waals surface area contributed by atoms with Crippen molar-refractivity contribution < 1.29 is 0 Å². The first-order valence-corrected chi connectivity index (χ1v) is 7.60. The normalized spacial score (nSPS) is 12.3. The number of hydrogen-bond donors (Lipinski definition) is 2. The lowest BCUT2D eigenvalue weighted by atomic mass is 9.93. The maximum atomic E-state index is 12.0. The molecule has 0 aliphatic heterocycles. The van der Waals surface area contributed by atoms with Gasteiger partial charge in [-0.2, -0.15) is 5.10 Å². The number of hydrazone groups is 1. The van der Waals surface area contributed by atoms with Gasteiger partial charge in [0, 0.05) is 9.89 Å². The monoisotopic (exact) mass is 363 g/mol. The molecule has 6 nitrogen and oxygen atoms in total. The van der Waals surface area contributed by atoms with Gasteiger partial charge < -0.3 is 0 Å². The van der Waals surface area contributed by atoms with E-state index in [4.69, 9.17) is 0 Å². The summed E-state index contributed by atoms with van der Waals surface area (Å²) in [6.45, 7) is 7.60. The summed E-state index contributed by atoms with van der Waals surface area (Å²) in [6, 6.07) is 7.77. The zero-order valence-electron chi connectivity index (χ0n) is 12.9. The molecule has 0 spiro atoms. The number of benzene rings is 1. The smallest absolute Gasteiger partial charge is 0.274 e. The Morgan fingerprint density at radius 1 is 1.23 bits per heavy atom. The fraction of sp³-hybridized carbons (Fsp3) is 0.333. The van der Waals surface area contributed by atoms with Gasteiger partial charge in [0.2, 0.25) is 5.95 Å². The molecule has 7 heteroatoms. The minimum atomic E-state index is -0.351. The minimum Gasteiger partial charge on any atom is -0.288 e. The van der Waals surface area contributed by atoms with Crippen LogP contribution < -0.4 is 11.0 Å². The number of rotatable bonds is 3. The third kappa shape index (κ3) is 4.00. The number of aromatic amines is 1. The van der Waals surface area contributed by atoms with Crippen LogP contribution >= 0.6 is 15.9 Å². The number of H-pyrrole nitrogens is 1. The van der Waals surface area contributed by atoms with Gasteiger partial charge in [-0.1, -0.05) is 48.8 Å². The number of halogens is 1. The van der Waals surface area contributed by atoms with Crippen LogP contribution in [0.25, 0.3) is 0 Å². The van der Waals surface area contributed by atoms with Crippen molar-refractivity contribution in [2.75, 3.05) is 5.43 Å². The Morgan fingerprint density at radius 3 is 2.41 bits per heavy atom. The van der Waals surface area contributed by atoms with Gasteiger partial charge in [0.15, 0.2) is 0 Å². The zero-order valence-corrected chi connectivity index (χ0v) is 14.5. The van der Waals surface area contributed by atoms with E-state index in [-0.39, 0.29) is 16.9 Å². The van der Waals surface area contributed by atoms with Crippen LogP contribution in [0.1, 0.15) is 39.0 Å². The number of anilines is 1. The van der Waals surface area contributed by atoms with Crippen molar-refractivity contribution in [1.29, 1.82) is 0 Å². The largest absolute Gasteiger partial charge is 0.288 e. The van der Waals surface area contributed by atoms with Gasteiger partial charge in [-0.3, -0.25) is 9.78 Å². The lowest BCUT2D eigenvalue weighted by Gasteiger charge is -2.15. The molecule has 2 aromatic rings. The first-order valence-electron chi connectivity index (χ1n) is 6.81. The van der Waals surface area contributed by atoms with Gasteiger partial charge in [0.25, 0.3) is 5.56 Å². The molecule has 1 heterocycles. The van der Waals surface area contributed by atoms with Crippen LogP contribution in [0.3, 0.4) is 0 Å². The fourth-order valence-corrected chi connectivity index (χ4v) is 2.03. The van der Waals surface area contributed by atoms with Crippen LogP contribution in [0.5, 0.6) is 0 Å². The minimum absolute atomic E-state index is 0.217. The molecular weight excluding hydrogens is 346 g/mol. The molecule has 0 atom stereocenters. The molecular formula is C15H18BrN5O. The van der Waals surface area contributed by atoms with Gasteiger partial charge in [0.05, 0.1) is 5.71 Å². The van der Waals surface area contributed by atoms with Crippen molar-refractivity contribution in [3.8, 4) is 0 Å². The predicted octanol–water partition coefficient (Wildman–Crippen LogP) is 3.06. The van der Waals surface area contributed by atoms with Crippen molar-refractivity contribution in [2.24, 2.45) is 5.10 Å². The van der Waals surface area contributed by atoms with Crippen molar-refractivity contribution in [2.45, 2.75) is 33.1 Å². The Kier molecular flexibility index (Phi) is 4.75. The van der Waals surface area contributed by atoms with E-state index in [0.717, 1.165) is 15.7 Å². The van der Waals surface area contributed by atoms with E-state index in [1.807, 2.05) is 52.0 Å². The summed E-state index contributed by atoms with van der Waals surface area (Å²) >= 11 is 3.39. The number of hydrogen-bond acceptors (Lipinski definition) is 5. The third-order valence-corrected chi connectivity index (χ3v) is 3.53. The molecule has 0 bridgehead atoms. The summed E-state index contributed by atoms with van der Waals surface area (Å²) in [5, 5.41) is 12.1. The molecule has 0 aliphatic rings. The zero-order chi connectivity index (χ0) is 16.3. The first kappa shape index (κ1) is 16.4. The molecule has 22 heavy (non-hydrogen) atoms. The first-order chi connectivity index (χ1) is 10.3. The van der Waals surface area contributed by atoms with E-state index in [9.17, 15) is 4.79 Å². The molecule has 0 aliphatic carbocycles. The van der Waals surface area contributed by atoms with E-state index in [1.54, 1.807) is 0 Å². The van der Waals surface area contributed by atoms with Crippen LogP contribution in [-0.2, 0) is 5.41 Å². The van der Waals surface area contributed by atoms with Gasteiger partial charge >= 0.3 is 0 Å². The molecule has 0 saturated heterocycles. The maximum absolute atomic E-state index is 12.0. The van der Waals surface area contributed by atoms with Crippen LogP contribution in [0.4, 0.5) is 5.95 Å². The summed E-state index contributed by atoms with van der Waals surface area (Å²) in [5.74, 6) is 0.217. The topological polar surface area (TPSA) is 83.0 Å². The predicted molar refractivity (Wildman–Crippen MR) is 91.3 cm³/mol. The Morgan fingerprint density at radius 2 is 1.86 bits per heavy atom. The number of aromatic nitrogens is 3. The number of nitrogens with zero attached hydrogens (tertiary/aromatic N) is 3. The average Bonchev–Trinajstić information content (AvgIpc) is 2.44. The highest BCUT2D eigenvalue weighted by molar-refractivity contribution is 9.10. The van der Waals surface area contributed by atoms with Crippen molar-refractivity contribution in [3.05, 3.63) is 50.3 Å². The fourth-order valence-electron chi connectivity index (χ4n) is 1.77. The molecule has 0 unspecified atom stereocenters. The second kappa shape index (κ2) is 6.39. The van der Waals surface area contributed by atoms with Crippen LogP contribution in [0.2, 0.25) is 0 Å². The second-order valence-corrected chi connectivity index (χ2v) is 6.83. The van der Waals surface area contributed by atoms with Crippen LogP contribution in [0, 0.1) is 0 Å². The van der Waals surface area contributed by atoms with Gasteiger partial charge in [0.1, 0.15) is 5.69 Å². The molecule has 1 aromatic carbocycles. The van der Waals surface area contributed by atoms with Gasteiger partial charge in [-0.15, -0.1) is 10.2 Å². The Bertz CT molecular complexity index is 744.